The Morgan fingerprint density at radius 3 is 2.50 bits per heavy atom. The number of ether oxygens (including phenoxy) is 2. The van der Waals surface area contributed by atoms with Gasteiger partial charge in [0.2, 0.25) is 6.79 Å². The molecule has 1 heterocycles. The van der Waals surface area contributed by atoms with Crippen molar-refractivity contribution in [1.29, 1.82) is 0 Å². The van der Waals surface area contributed by atoms with E-state index in [1.165, 1.54) is 0 Å². The van der Waals surface area contributed by atoms with Crippen LogP contribution in [0.2, 0.25) is 5.02 Å². The van der Waals surface area contributed by atoms with Crippen LogP contribution in [0.1, 0.15) is 11.1 Å². The number of benzene rings is 3. The fourth-order valence-corrected chi connectivity index (χ4v) is 3.22. The first-order chi connectivity index (χ1) is 13.7. The molecule has 1 aliphatic heterocycles. The number of halogens is 1. The Morgan fingerprint density at radius 1 is 0.893 bits per heavy atom. The van der Waals surface area contributed by atoms with E-state index in [9.17, 15) is 4.79 Å². The summed E-state index contributed by atoms with van der Waals surface area (Å²) in [6, 6.07) is 22.5. The quantitative estimate of drug-likeness (QED) is 0.638. The van der Waals surface area contributed by atoms with Crippen LogP contribution in [0.4, 0.5) is 10.5 Å². The monoisotopic (exact) mass is 394 g/mol. The predicted molar refractivity (Wildman–Crippen MR) is 109 cm³/mol. The number of hydrogen-bond donors (Lipinski definition) is 1. The van der Waals surface area contributed by atoms with Gasteiger partial charge in [-0.05, 0) is 41.5 Å². The lowest BCUT2D eigenvalue weighted by atomic mass is 10.1. The minimum absolute atomic E-state index is 0.205. The summed E-state index contributed by atoms with van der Waals surface area (Å²) < 4.78 is 10.8. The summed E-state index contributed by atoms with van der Waals surface area (Å²) in [6.07, 6.45) is 0. The normalized spacial score (nSPS) is 11.9. The van der Waals surface area contributed by atoms with E-state index >= 15 is 0 Å². The van der Waals surface area contributed by atoms with E-state index in [0.29, 0.717) is 29.5 Å². The van der Waals surface area contributed by atoms with E-state index in [0.717, 1.165) is 16.9 Å². The number of anilines is 1. The van der Waals surface area contributed by atoms with Crippen molar-refractivity contribution >= 4 is 23.3 Å². The molecule has 0 unspecified atom stereocenters. The number of urea groups is 1. The maximum Gasteiger partial charge on any atom is 0.322 e. The van der Waals surface area contributed by atoms with Crippen molar-refractivity contribution in [2.75, 3.05) is 12.1 Å². The molecule has 0 atom stereocenters. The van der Waals surface area contributed by atoms with Crippen LogP contribution in [0.3, 0.4) is 0 Å². The highest BCUT2D eigenvalue weighted by molar-refractivity contribution is 6.30. The van der Waals surface area contributed by atoms with Crippen LogP contribution in [-0.2, 0) is 13.1 Å². The summed E-state index contributed by atoms with van der Waals surface area (Å²) in [6.45, 7) is 1.13. The maximum absolute atomic E-state index is 13.0. The Kier molecular flexibility index (Phi) is 5.35. The zero-order valence-corrected chi connectivity index (χ0v) is 15.9. The molecule has 0 saturated heterocycles. The van der Waals surface area contributed by atoms with Crippen molar-refractivity contribution in [3.8, 4) is 11.5 Å². The van der Waals surface area contributed by atoms with Crippen LogP contribution in [0.25, 0.3) is 0 Å². The molecule has 0 bridgehead atoms. The first-order valence-corrected chi connectivity index (χ1v) is 9.29. The number of fused-ring (bicyclic) bond motifs is 1. The van der Waals surface area contributed by atoms with E-state index in [-0.39, 0.29) is 12.8 Å². The Balaban J connectivity index is 1.55. The Hall–Kier alpha value is -3.18. The molecule has 3 aromatic rings. The van der Waals surface area contributed by atoms with Crippen molar-refractivity contribution in [2.45, 2.75) is 13.1 Å². The number of nitrogens with one attached hydrogen (secondary N) is 1. The van der Waals surface area contributed by atoms with Crippen LogP contribution in [-0.4, -0.2) is 17.7 Å². The van der Waals surface area contributed by atoms with Gasteiger partial charge >= 0.3 is 6.03 Å². The molecule has 0 fully saturated rings. The second-order valence-electron chi connectivity index (χ2n) is 6.47. The van der Waals surface area contributed by atoms with Crippen LogP contribution in [0.15, 0.2) is 72.8 Å². The molecule has 0 radical (unpaired) electrons. The molecule has 0 aromatic heterocycles. The second kappa shape index (κ2) is 8.23. The molecule has 5 nitrogen and oxygen atoms in total. The summed E-state index contributed by atoms with van der Waals surface area (Å²) in [7, 11) is 0. The van der Waals surface area contributed by atoms with Gasteiger partial charge in [0.25, 0.3) is 0 Å². The molecule has 0 saturated carbocycles. The standard InChI is InChI=1S/C22H19ClN2O3/c23-18-7-4-8-19(12-18)24-22(26)25(13-16-5-2-1-3-6-16)14-17-9-10-20-21(11-17)28-15-27-20/h1-12H,13-15H2,(H,24,26). The fourth-order valence-electron chi connectivity index (χ4n) is 3.03. The molecular formula is C22H19ClN2O3. The zero-order chi connectivity index (χ0) is 19.3. The van der Waals surface area contributed by atoms with Gasteiger partial charge in [0.05, 0.1) is 0 Å². The van der Waals surface area contributed by atoms with Gasteiger partial charge < -0.3 is 19.7 Å². The van der Waals surface area contributed by atoms with Crippen LogP contribution < -0.4 is 14.8 Å². The molecule has 142 valence electrons. The van der Waals surface area contributed by atoms with Crippen molar-refractivity contribution < 1.29 is 14.3 Å². The molecular weight excluding hydrogens is 376 g/mol. The molecule has 2 amide bonds. The number of rotatable bonds is 5. The van der Waals surface area contributed by atoms with Gasteiger partial charge in [0.1, 0.15) is 0 Å². The summed E-state index contributed by atoms with van der Waals surface area (Å²) in [5, 5.41) is 3.49. The number of hydrogen-bond acceptors (Lipinski definition) is 3. The smallest absolute Gasteiger partial charge is 0.322 e. The van der Waals surface area contributed by atoms with E-state index in [2.05, 4.69) is 5.32 Å². The lowest BCUT2D eigenvalue weighted by molar-refractivity contribution is 0.174. The zero-order valence-electron chi connectivity index (χ0n) is 15.1. The van der Waals surface area contributed by atoms with E-state index in [4.69, 9.17) is 21.1 Å². The average Bonchev–Trinajstić information content (AvgIpc) is 3.16. The minimum Gasteiger partial charge on any atom is -0.454 e. The topological polar surface area (TPSA) is 50.8 Å². The lowest BCUT2D eigenvalue weighted by Gasteiger charge is -2.24. The summed E-state index contributed by atoms with van der Waals surface area (Å²) in [4.78, 5) is 14.7. The Labute approximate surface area is 168 Å². The number of nitrogens with zero attached hydrogens (tertiary/aromatic N) is 1. The molecule has 28 heavy (non-hydrogen) atoms. The second-order valence-corrected chi connectivity index (χ2v) is 6.91. The maximum atomic E-state index is 13.0. The van der Waals surface area contributed by atoms with Crippen LogP contribution >= 0.6 is 11.6 Å². The van der Waals surface area contributed by atoms with Gasteiger partial charge in [0, 0.05) is 23.8 Å². The number of carbonyl (C=O) groups is 1. The van der Waals surface area contributed by atoms with Gasteiger partial charge in [-0.15, -0.1) is 0 Å². The van der Waals surface area contributed by atoms with E-state index in [1.54, 1.807) is 23.1 Å². The van der Waals surface area contributed by atoms with Gasteiger partial charge in [-0.1, -0.05) is 54.1 Å². The van der Waals surface area contributed by atoms with Crippen molar-refractivity contribution in [3.05, 3.63) is 88.9 Å². The van der Waals surface area contributed by atoms with E-state index in [1.807, 2.05) is 54.6 Å². The van der Waals surface area contributed by atoms with Gasteiger partial charge in [-0.3, -0.25) is 0 Å². The first kappa shape index (κ1) is 18.2. The van der Waals surface area contributed by atoms with Crippen LogP contribution in [0, 0.1) is 0 Å². The molecule has 6 heteroatoms. The third-order valence-corrected chi connectivity index (χ3v) is 4.62. The lowest BCUT2D eigenvalue weighted by Crippen LogP contribution is -2.34. The van der Waals surface area contributed by atoms with Gasteiger partial charge in [0.15, 0.2) is 11.5 Å². The molecule has 1 N–H and O–H groups in total. The minimum atomic E-state index is -0.205. The fraction of sp³-hybridized carbons (Fsp3) is 0.136. The van der Waals surface area contributed by atoms with Crippen molar-refractivity contribution in [1.82, 2.24) is 4.90 Å². The molecule has 0 spiro atoms. The van der Waals surface area contributed by atoms with Crippen LogP contribution in [0.5, 0.6) is 11.5 Å². The SMILES string of the molecule is O=C(Nc1cccc(Cl)c1)N(Cc1ccccc1)Cc1ccc2c(c1)OCO2. The number of amides is 2. The summed E-state index contributed by atoms with van der Waals surface area (Å²) in [5.74, 6) is 1.43. The first-order valence-electron chi connectivity index (χ1n) is 8.91. The Bertz CT molecular complexity index is 979. The van der Waals surface area contributed by atoms with E-state index < -0.39 is 0 Å². The molecule has 0 aliphatic carbocycles. The third-order valence-electron chi connectivity index (χ3n) is 4.39. The summed E-state index contributed by atoms with van der Waals surface area (Å²) >= 11 is 6.03. The van der Waals surface area contributed by atoms with Crippen molar-refractivity contribution in [3.63, 3.8) is 0 Å². The molecule has 1 aliphatic rings. The van der Waals surface area contributed by atoms with Gasteiger partial charge in [-0.25, -0.2) is 4.79 Å². The Morgan fingerprint density at radius 2 is 1.68 bits per heavy atom. The highest BCUT2D eigenvalue weighted by Crippen LogP contribution is 2.33. The highest BCUT2D eigenvalue weighted by atomic mass is 35.5. The molecule has 4 rings (SSSR count). The van der Waals surface area contributed by atoms with Gasteiger partial charge in [-0.2, -0.15) is 0 Å². The highest BCUT2D eigenvalue weighted by Gasteiger charge is 2.18. The van der Waals surface area contributed by atoms with Crippen molar-refractivity contribution in [2.24, 2.45) is 0 Å². The number of carbonyl (C=O) groups excluding carboxylic acids is 1. The third kappa shape index (κ3) is 4.38. The molecule has 3 aromatic carbocycles. The largest absolute Gasteiger partial charge is 0.454 e. The predicted octanol–water partition coefficient (Wildman–Crippen LogP) is 5.30. The summed E-state index contributed by atoms with van der Waals surface area (Å²) in [5.41, 5.74) is 2.66. The average molecular weight is 395 g/mol.